The van der Waals surface area contributed by atoms with Crippen molar-refractivity contribution in [3.05, 3.63) is 71.4 Å². The summed E-state index contributed by atoms with van der Waals surface area (Å²) >= 11 is 0. The Balaban J connectivity index is 1.88. The van der Waals surface area contributed by atoms with Gasteiger partial charge in [-0.25, -0.2) is 4.79 Å². The minimum Gasteiger partial charge on any atom is -0.493 e. The number of pyridine rings is 1. The molecule has 3 aromatic carbocycles. The smallest absolute Gasteiger partial charge is 0.337 e. The number of ether oxygens (including phenoxy) is 2. The topological polar surface area (TPSA) is 68.7 Å². The molecule has 0 spiro atoms. The minimum absolute atomic E-state index is 0.593. The SMILES string of the molecule is CCC(C)(C)O[C@H](C(=O)O)c1c(C)cc2ccccc2c1-c1ccc2c3c(ccnc13)CCO2. The summed E-state index contributed by atoms with van der Waals surface area (Å²) < 4.78 is 12.2. The summed E-state index contributed by atoms with van der Waals surface area (Å²) in [5.74, 6) is -0.176. The van der Waals surface area contributed by atoms with Gasteiger partial charge in [0.15, 0.2) is 6.10 Å². The quantitative estimate of drug-likeness (QED) is 0.353. The third kappa shape index (κ3) is 3.70. The number of benzene rings is 3. The van der Waals surface area contributed by atoms with Gasteiger partial charge >= 0.3 is 5.97 Å². The van der Waals surface area contributed by atoms with Crippen LogP contribution >= 0.6 is 0 Å². The standard InChI is InChI=1S/C29H29NO4/c1-5-29(3,4)34-27(28(31)32)23-17(2)16-19-8-6-7-9-20(19)25(23)21-10-11-22-24-18(13-15-33-22)12-14-30-26(21)24/h6-12,14,16,27H,5,13,15H2,1-4H3,(H,31,32)/t27-/m0/s1. The first-order chi connectivity index (χ1) is 16.3. The minimum atomic E-state index is -1.11. The Bertz CT molecular complexity index is 1410. The Labute approximate surface area is 199 Å². The fourth-order valence-electron chi connectivity index (χ4n) is 4.87. The second-order valence-electron chi connectivity index (χ2n) is 9.56. The lowest BCUT2D eigenvalue weighted by molar-refractivity contribution is -0.162. The van der Waals surface area contributed by atoms with Gasteiger partial charge < -0.3 is 14.6 Å². The van der Waals surface area contributed by atoms with E-state index in [-0.39, 0.29) is 0 Å². The van der Waals surface area contributed by atoms with Crippen molar-refractivity contribution < 1.29 is 19.4 Å². The summed E-state index contributed by atoms with van der Waals surface area (Å²) in [6.45, 7) is 8.47. The lowest BCUT2D eigenvalue weighted by atomic mass is 9.85. The van der Waals surface area contributed by atoms with Gasteiger partial charge in [0.05, 0.1) is 17.7 Å². The Morgan fingerprint density at radius 1 is 1.21 bits per heavy atom. The van der Waals surface area contributed by atoms with Crippen molar-refractivity contribution in [3.63, 3.8) is 0 Å². The molecule has 5 heteroatoms. The average Bonchev–Trinajstić information content (AvgIpc) is 2.83. The van der Waals surface area contributed by atoms with Gasteiger partial charge in [0, 0.05) is 29.1 Å². The van der Waals surface area contributed by atoms with Gasteiger partial charge in [0.1, 0.15) is 5.75 Å². The molecule has 34 heavy (non-hydrogen) atoms. The first-order valence-corrected chi connectivity index (χ1v) is 11.8. The van der Waals surface area contributed by atoms with Gasteiger partial charge in [-0.05, 0) is 72.9 Å². The molecule has 1 N–H and O–H groups in total. The third-order valence-electron chi connectivity index (χ3n) is 6.91. The largest absolute Gasteiger partial charge is 0.493 e. The van der Waals surface area contributed by atoms with E-state index in [1.807, 2.05) is 76.4 Å². The summed E-state index contributed by atoms with van der Waals surface area (Å²) in [7, 11) is 0. The summed E-state index contributed by atoms with van der Waals surface area (Å²) in [6.07, 6.45) is 2.23. The summed E-state index contributed by atoms with van der Waals surface area (Å²) in [6, 6.07) is 16.2. The normalized spacial score (nSPS) is 14.2. The lowest BCUT2D eigenvalue weighted by Crippen LogP contribution is -2.30. The van der Waals surface area contributed by atoms with Gasteiger partial charge in [0.25, 0.3) is 0 Å². The maximum absolute atomic E-state index is 12.6. The van der Waals surface area contributed by atoms with Crippen LogP contribution in [0.4, 0.5) is 0 Å². The summed E-state index contributed by atoms with van der Waals surface area (Å²) in [5, 5.41) is 13.4. The molecular weight excluding hydrogens is 426 g/mol. The van der Waals surface area contributed by atoms with Crippen LogP contribution in [0.5, 0.6) is 5.75 Å². The number of carboxylic acid groups (broad SMARTS) is 1. The lowest BCUT2D eigenvalue weighted by Gasteiger charge is -2.31. The van der Waals surface area contributed by atoms with Crippen molar-refractivity contribution in [3.8, 4) is 16.9 Å². The van der Waals surface area contributed by atoms with E-state index in [4.69, 9.17) is 14.5 Å². The third-order valence-corrected chi connectivity index (χ3v) is 6.91. The fraction of sp³-hybridized carbons (Fsp3) is 0.310. The number of hydrogen-bond acceptors (Lipinski definition) is 4. The summed E-state index contributed by atoms with van der Waals surface area (Å²) in [4.78, 5) is 17.4. The van der Waals surface area contributed by atoms with E-state index in [0.29, 0.717) is 18.6 Å². The van der Waals surface area contributed by atoms with Crippen LogP contribution in [0.25, 0.3) is 32.8 Å². The van der Waals surface area contributed by atoms with E-state index < -0.39 is 17.7 Å². The molecule has 0 amide bonds. The maximum atomic E-state index is 12.6. The van der Waals surface area contributed by atoms with Crippen LogP contribution in [-0.4, -0.2) is 28.3 Å². The van der Waals surface area contributed by atoms with Crippen molar-refractivity contribution in [2.75, 3.05) is 6.61 Å². The zero-order valence-corrected chi connectivity index (χ0v) is 20.0. The van der Waals surface area contributed by atoms with Crippen LogP contribution in [-0.2, 0) is 16.0 Å². The van der Waals surface area contributed by atoms with Crippen LogP contribution in [0.15, 0.2) is 54.7 Å². The van der Waals surface area contributed by atoms with Crippen molar-refractivity contribution in [2.45, 2.75) is 52.2 Å². The number of fused-ring (bicyclic) bond motifs is 1. The molecule has 0 unspecified atom stereocenters. The highest BCUT2D eigenvalue weighted by molar-refractivity contribution is 6.08. The number of carbonyl (C=O) groups is 1. The fourth-order valence-corrected chi connectivity index (χ4v) is 4.87. The average molecular weight is 456 g/mol. The first-order valence-electron chi connectivity index (χ1n) is 11.8. The Hall–Kier alpha value is -3.44. The second-order valence-corrected chi connectivity index (χ2v) is 9.56. The van der Waals surface area contributed by atoms with Crippen molar-refractivity contribution >= 4 is 27.6 Å². The van der Waals surface area contributed by atoms with Crippen LogP contribution < -0.4 is 4.74 Å². The van der Waals surface area contributed by atoms with Crippen LogP contribution in [0.2, 0.25) is 0 Å². The Morgan fingerprint density at radius 3 is 2.76 bits per heavy atom. The predicted octanol–water partition coefficient (Wildman–Crippen LogP) is 6.63. The highest BCUT2D eigenvalue weighted by Gasteiger charge is 2.33. The molecule has 4 aromatic rings. The molecule has 0 radical (unpaired) electrons. The molecule has 1 aliphatic heterocycles. The van der Waals surface area contributed by atoms with E-state index in [0.717, 1.165) is 50.5 Å². The van der Waals surface area contributed by atoms with Crippen LogP contribution in [0, 0.1) is 6.92 Å². The van der Waals surface area contributed by atoms with Gasteiger partial charge in [-0.1, -0.05) is 37.3 Å². The molecule has 0 saturated carbocycles. The molecule has 5 rings (SSSR count). The number of hydrogen-bond donors (Lipinski definition) is 1. The Kier molecular flexibility index (Phi) is 5.53. The maximum Gasteiger partial charge on any atom is 0.337 e. The monoisotopic (exact) mass is 455 g/mol. The number of aryl methyl sites for hydroxylation is 1. The predicted molar refractivity (Wildman–Crippen MR) is 134 cm³/mol. The van der Waals surface area contributed by atoms with Crippen LogP contribution in [0.3, 0.4) is 0 Å². The number of carboxylic acids is 1. The molecule has 0 saturated heterocycles. The number of aromatic nitrogens is 1. The molecule has 0 fully saturated rings. The molecular formula is C29H29NO4. The molecule has 0 aliphatic carbocycles. The molecule has 1 aromatic heterocycles. The van der Waals surface area contributed by atoms with Crippen LogP contribution in [0.1, 0.15) is 50.0 Å². The summed E-state index contributed by atoms with van der Waals surface area (Å²) in [5.41, 5.74) is 4.73. The van der Waals surface area contributed by atoms with E-state index >= 15 is 0 Å². The van der Waals surface area contributed by atoms with E-state index in [1.54, 1.807) is 0 Å². The van der Waals surface area contributed by atoms with Gasteiger partial charge in [-0.2, -0.15) is 0 Å². The molecule has 2 heterocycles. The highest BCUT2D eigenvalue weighted by Crippen LogP contribution is 2.45. The van der Waals surface area contributed by atoms with Gasteiger partial charge in [-0.3, -0.25) is 4.98 Å². The van der Waals surface area contributed by atoms with Gasteiger partial charge in [0.2, 0.25) is 0 Å². The zero-order chi connectivity index (χ0) is 24.0. The second kappa shape index (κ2) is 8.41. The highest BCUT2D eigenvalue weighted by atomic mass is 16.5. The number of nitrogens with zero attached hydrogens (tertiary/aromatic N) is 1. The first kappa shape index (κ1) is 22.4. The molecule has 1 atom stereocenters. The molecule has 0 bridgehead atoms. The molecule has 174 valence electrons. The number of aliphatic carboxylic acids is 1. The van der Waals surface area contributed by atoms with Crippen molar-refractivity contribution in [1.82, 2.24) is 4.98 Å². The Morgan fingerprint density at radius 2 is 2.00 bits per heavy atom. The molecule has 5 nitrogen and oxygen atoms in total. The van der Waals surface area contributed by atoms with Crippen molar-refractivity contribution in [2.24, 2.45) is 0 Å². The number of rotatable bonds is 6. The van der Waals surface area contributed by atoms with E-state index in [9.17, 15) is 9.90 Å². The van der Waals surface area contributed by atoms with Crippen molar-refractivity contribution in [1.29, 1.82) is 0 Å². The van der Waals surface area contributed by atoms with Gasteiger partial charge in [-0.15, -0.1) is 0 Å². The zero-order valence-electron chi connectivity index (χ0n) is 20.0. The molecule has 1 aliphatic rings. The van der Waals surface area contributed by atoms with E-state index in [2.05, 4.69) is 6.07 Å². The van der Waals surface area contributed by atoms with E-state index in [1.165, 1.54) is 5.56 Å².